The Kier molecular flexibility index (Phi) is 9.90. The smallest absolute Gasteiger partial charge is 0.186 e. The highest BCUT2D eigenvalue weighted by atomic mass is 16.7. The first-order valence-corrected chi connectivity index (χ1v) is 12.5. The van der Waals surface area contributed by atoms with Gasteiger partial charge in [0.2, 0.25) is 0 Å². The average Bonchev–Trinajstić information content (AvgIpc) is 2.80. The summed E-state index contributed by atoms with van der Waals surface area (Å²) < 4.78 is 24.0. The van der Waals surface area contributed by atoms with E-state index in [9.17, 15) is 15.3 Å². The van der Waals surface area contributed by atoms with Crippen LogP contribution in [-0.2, 0) is 18.9 Å². The highest BCUT2D eigenvalue weighted by Crippen LogP contribution is 2.32. The van der Waals surface area contributed by atoms with Crippen molar-refractivity contribution in [2.45, 2.75) is 112 Å². The van der Waals surface area contributed by atoms with Gasteiger partial charge in [-0.2, -0.15) is 0 Å². The van der Waals surface area contributed by atoms with Crippen molar-refractivity contribution in [2.75, 3.05) is 20.7 Å². The molecule has 3 aliphatic rings. The molecule has 2 heterocycles. The Hall–Kier alpha value is -1.17. The van der Waals surface area contributed by atoms with E-state index in [1.54, 1.807) is 14.0 Å². The maximum atomic E-state index is 11.3. The zero-order valence-corrected chi connectivity index (χ0v) is 21.5. The number of hydrogen-bond donors (Lipinski definition) is 9. The third kappa shape index (κ3) is 6.45. The Morgan fingerprint density at radius 1 is 1.06 bits per heavy atom. The lowest BCUT2D eigenvalue weighted by atomic mass is 9.84. The quantitative estimate of drug-likeness (QED) is 0.110. The van der Waals surface area contributed by atoms with Crippen molar-refractivity contribution in [1.82, 2.24) is 10.6 Å². The molecule has 1 saturated carbocycles. The minimum atomic E-state index is -1.31. The summed E-state index contributed by atoms with van der Waals surface area (Å²) in [6.07, 6.45) is -4.91. The lowest BCUT2D eigenvalue weighted by Crippen LogP contribution is -2.68. The fourth-order valence-corrected chi connectivity index (χ4v) is 5.31. The monoisotopic (exact) mass is 519 g/mol. The molecule has 0 amide bonds. The van der Waals surface area contributed by atoms with E-state index in [-0.39, 0.29) is 31.1 Å². The zero-order chi connectivity index (χ0) is 26.8. The molecule has 0 aromatic rings. The number of aliphatic imine (C=N–C) groups is 1. The Balaban J connectivity index is 1.75. The summed E-state index contributed by atoms with van der Waals surface area (Å²) in [5, 5.41) is 38.6. The Bertz CT molecular complexity index is 744. The molecule has 2 aliphatic heterocycles. The van der Waals surface area contributed by atoms with Gasteiger partial charge in [-0.05, 0) is 47.2 Å². The molecule has 0 radical (unpaired) electrons. The van der Waals surface area contributed by atoms with Crippen LogP contribution in [0.1, 0.15) is 33.1 Å². The molecule has 36 heavy (non-hydrogen) atoms. The van der Waals surface area contributed by atoms with Crippen LogP contribution in [0.3, 0.4) is 0 Å². The van der Waals surface area contributed by atoms with Crippen molar-refractivity contribution < 1.29 is 34.3 Å². The SMILES string of the molecule is CN[C@@H]1[C@@H](O)[C@@H](O[C@@H]2[C@@H](O)[C@H](O[C@H]3O[C@H]([C@@H](C)NC)CC[C@H]3N=C(N)N)[C@@H](N)C[C@H]2N)OC[C@]1(C)O. The molecular formula is C22H45N7O7. The van der Waals surface area contributed by atoms with E-state index in [0.717, 1.165) is 0 Å². The second-order valence-corrected chi connectivity index (χ2v) is 10.4. The van der Waals surface area contributed by atoms with Gasteiger partial charge in [0.05, 0.1) is 18.8 Å². The standard InChI is InChI=1S/C22H45N7O7/c1-9(27-3)13-6-5-12(29-21(25)26)19(34-13)35-16-10(23)7-11(24)17(14(16)30)36-20-15(31)18(28-4)22(2,32)8-33-20/h9-20,27-28,30-32H,5-8,23-24H2,1-4H3,(H4,25,26,29)/t9-,10+,11-,12-,13+,14+,15-,16-,17+,18-,19-,20-,22+/m1/s1. The number of hydrogen-bond acceptors (Lipinski definition) is 12. The highest BCUT2D eigenvalue weighted by molar-refractivity contribution is 5.75. The largest absolute Gasteiger partial charge is 0.388 e. The molecule has 210 valence electrons. The average molecular weight is 520 g/mol. The van der Waals surface area contributed by atoms with Crippen LogP contribution in [0.2, 0.25) is 0 Å². The van der Waals surface area contributed by atoms with Gasteiger partial charge in [0, 0.05) is 18.1 Å². The number of ether oxygens (including phenoxy) is 4. The van der Waals surface area contributed by atoms with Crippen LogP contribution < -0.4 is 33.6 Å². The molecule has 0 bridgehead atoms. The number of rotatable bonds is 8. The molecular weight excluding hydrogens is 474 g/mol. The Morgan fingerprint density at radius 3 is 2.22 bits per heavy atom. The second kappa shape index (κ2) is 12.1. The van der Waals surface area contributed by atoms with Gasteiger partial charge in [-0.3, -0.25) is 0 Å². The van der Waals surface area contributed by atoms with Gasteiger partial charge < -0.3 is 67.8 Å². The van der Waals surface area contributed by atoms with Crippen molar-refractivity contribution in [3.05, 3.63) is 0 Å². The normalized spacial score (nSPS) is 46.8. The minimum Gasteiger partial charge on any atom is -0.388 e. The summed E-state index contributed by atoms with van der Waals surface area (Å²) >= 11 is 0. The molecule has 2 saturated heterocycles. The lowest BCUT2D eigenvalue weighted by Gasteiger charge is -2.48. The van der Waals surface area contributed by atoms with Crippen molar-refractivity contribution in [2.24, 2.45) is 27.9 Å². The van der Waals surface area contributed by atoms with Gasteiger partial charge in [-0.15, -0.1) is 0 Å². The van der Waals surface area contributed by atoms with Crippen molar-refractivity contribution in [1.29, 1.82) is 0 Å². The molecule has 13 atom stereocenters. The molecule has 14 heteroatoms. The van der Waals surface area contributed by atoms with Gasteiger partial charge in [0.1, 0.15) is 36.1 Å². The van der Waals surface area contributed by atoms with Crippen LogP contribution in [0.4, 0.5) is 0 Å². The van der Waals surface area contributed by atoms with Crippen LogP contribution in [0, 0.1) is 0 Å². The molecule has 0 aromatic heterocycles. The first-order chi connectivity index (χ1) is 16.9. The molecule has 0 aromatic carbocycles. The highest BCUT2D eigenvalue weighted by Gasteiger charge is 2.51. The molecule has 3 fully saturated rings. The summed E-state index contributed by atoms with van der Waals surface area (Å²) in [5.74, 6) is -0.0903. The summed E-state index contributed by atoms with van der Waals surface area (Å²) in [6, 6.07) is -2.42. The fourth-order valence-electron chi connectivity index (χ4n) is 5.31. The predicted octanol–water partition coefficient (Wildman–Crippen LogP) is -4.01. The van der Waals surface area contributed by atoms with E-state index in [0.29, 0.717) is 12.8 Å². The van der Waals surface area contributed by atoms with Gasteiger partial charge >= 0.3 is 0 Å². The van der Waals surface area contributed by atoms with Crippen LogP contribution in [0.5, 0.6) is 0 Å². The van der Waals surface area contributed by atoms with E-state index in [1.807, 2.05) is 14.0 Å². The topological polar surface area (TPSA) is 238 Å². The van der Waals surface area contributed by atoms with E-state index in [2.05, 4.69) is 15.6 Å². The third-order valence-corrected chi connectivity index (χ3v) is 7.48. The predicted molar refractivity (Wildman–Crippen MR) is 132 cm³/mol. The number of aliphatic hydroxyl groups is 3. The number of nitrogens with zero attached hydrogens (tertiary/aromatic N) is 1. The van der Waals surface area contributed by atoms with Gasteiger partial charge in [-0.1, -0.05) is 0 Å². The maximum Gasteiger partial charge on any atom is 0.186 e. The van der Waals surface area contributed by atoms with E-state index < -0.39 is 66.8 Å². The van der Waals surface area contributed by atoms with E-state index in [1.165, 1.54) is 0 Å². The second-order valence-electron chi connectivity index (χ2n) is 10.4. The summed E-state index contributed by atoms with van der Waals surface area (Å²) in [5.41, 5.74) is 22.6. The summed E-state index contributed by atoms with van der Waals surface area (Å²) in [6.45, 7) is 3.47. The van der Waals surface area contributed by atoms with E-state index in [4.69, 9.17) is 41.9 Å². The number of nitrogens with one attached hydrogen (secondary N) is 2. The first kappa shape index (κ1) is 29.4. The van der Waals surface area contributed by atoms with Crippen molar-refractivity contribution >= 4 is 5.96 Å². The molecule has 3 rings (SSSR count). The molecule has 1 aliphatic carbocycles. The van der Waals surface area contributed by atoms with Crippen LogP contribution in [0.15, 0.2) is 4.99 Å². The van der Waals surface area contributed by atoms with Crippen LogP contribution in [0.25, 0.3) is 0 Å². The first-order valence-electron chi connectivity index (χ1n) is 12.5. The molecule has 14 nitrogen and oxygen atoms in total. The maximum absolute atomic E-state index is 11.3. The van der Waals surface area contributed by atoms with Gasteiger partial charge in [-0.25, -0.2) is 4.99 Å². The molecule has 0 spiro atoms. The number of likely N-dealkylation sites (N-methyl/N-ethyl adjacent to an activating group) is 2. The van der Waals surface area contributed by atoms with Crippen molar-refractivity contribution in [3.8, 4) is 0 Å². The number of nitrogens with two attached hydrogens (primary N) is 4. The Morgan fingerprint density at radius 2 is 1.67 bits per heavy atom. The van der Waals surface area contributed by atoms with Gasteiger partial charge in [0.25, 0.3) is 0 Å². The summed E-state index contributed by atoms with van der Waals surface area (Å²) in [4.78, 5) is 4.26. The zero-order valence-electron chi connectivity index (χ0n) is 21.5. The van der Waals surface area contributed by atoms with Gasteiger partial charge in [0.15, 0.2) is 18.5 Å². The molecule has 0 unspecified atom stereocenters. The number of aliphatic hydroxyl groups excluding tert-OH is 2. The minimum absolute atomic E-state index is 0.0491. The Labute approximate surface area is 212 Å². The molecule has 13 N–H and O–H groups in total. The van der Waals surface area contributed by atoms with E-state index >= 15 is 0 Å². The summed E-state index contributed by atoms with van der Waals surface area (Å²) in [7, 11) is 3.46. The van der Waals surface area contributed by atoms with Crippen LogP contribution >= 0.6 is 0 Å². The fraction of sp³-hybridized carbons (Fsp3) is 0.955. The van der Waals surface area contributed by atoms with Crippen molar-refractivity contribution in [3.63, 3.8) is 0 Å². The third-order valence-electron chi connectivity index (χ3n) is 7.48. The lowest BCUT2D eigenvalue weighted by molar-refractivity contribution is -0.307. The van der Waals surface area contributed by atoms with Crippen LogP contribution in [-0.4, -0.2) is 121 Å². The number of guanidine groups is 1.